The molecule has 142 valence electrons. The minimum Gasteiger partial charge on any atom is -0.406 e. The highest BCUT2D eigenvalue weighted by molar-refractivity contribution is 7.83. The zero-order chi connectivity index (χ0) is 19.4. The molecule has 1 unspecified atom stereocenters. The molecule has 2 aromatic carbocycles. The number of aromatic nitrogens is 2. The average molecular weight is 396 g/mol. The lowest BCUT2D eigenvalue weighted by Crippen LogP contribution is -2.17. The first-order valence-electron chi connectivity index (χ1n) is 7.88. The molecule has 27 heavy (non-hydrogen) atoms. The monoisotopic (exact) mass is 396 g/mol. The summed E-state index contributed by atoms with van der Waals surface area (Å²) in [5, 5.41) is 3.88. The lowest BCUT2D eigenvalue weighted by molar-refractivity contribution is -0.274. The molecular formula is C18H15F3N2O3S. The molecule has 0 amide bonds. The quantitative estimate of drug-likeness (QED) is 0.618. The van der Waals surface area contributed by atoms with Gasteiger partial charge in [-0.3, -0.25) is 4.21 Å². The van der Waals surface area contributed by atoms with Gasteiger partial charge in [0.2, 0.25) is 11.7 Å². The number of nitrogens with zero attached hydrogens (tertiary/aromatic N) is 2. The van der Waals surface area contributed by atoms with E-state index in [0.29, 0.717) is 11.4 Å². The minimum atomic E-state index is -4.74. The van der Waals surface area contributed by atoms with Gasteiger partial charge in [-0.1, -0.05) is 47.1 Å². The molecule has 0 spiro atoms. The van der Waals surface area contributed by atoms with E-state index in [2.05, 4.69) is 14.9 Å². The Kier molecular flexibility index (Phi) is 5.59. The van der Waals surface area contributed by atoms with Crippen LogP contribution in [0.1, 0.15) is 17.0 Å². The summed E-state index contributed by atoms with van der Waals surface area (Å²) in [5.41, 5.74) is 2.51. The van der Waals surface area contributed by atoms with Crippen LogP contribution in [-0.2, 0) is 22.3 Å². The van der Waals surface area contributed by atoms with E-state index in [1.54, 1.807) is 0 Å². The van der Waals surface area contributed by atoms with Gasteiger partial charge in [0.1, 0.15) is 11.5 Å². The van der Waals surface area contributed by atoms with Crippen molar-refractivity contribution in [2.24, 2.45) is 0 Å². The lowest BCUT2D eigenvalue weighted by atomic mass is 10.1. The van der Waals surface area contributed by atoms with E-state index in [4.69, 9.17) is 4.52 Å². The molecule has 0 aliphatic rings. The van der Waals surface area contributed by atoms with Crippen molar-refractivity contribution >= 4 is 10.8 Å². The van der Waals surface area contributed by atoms with Crippen molar-refractivity contribution < 1.29 is 26.6 Å². The summed E-state index contributed by atoms with van der Waals surface area (Å²) in [6.07, 6.45) is -4.74. The van der Waals surface area contributed by atoms with E-state index in [1.165, 1.54) is 24.3 Å². The summed E-state index contributed by atoms with van der Waals surface area (Å²) in [7, 11) is -1.35. The van der Waals surface area contributed by atoms with Gasteiger partial charge in [-0.15, -0.1) is 13.2 Å². The highest BCUT2D eigenvalue weighted by Crippen LogP contribution is 2.23. The number of rotatable bonds is 6. The lowest BCUT2D eigenvalue weighted by Gasteiger charge is -2.09. The fourth-order valence-electron chi connectivity index (χ4n) is 2.30. The molecule has 3 aromatic rings. The Balaban J connectivity index is 1.59. The molecule has 1 atom stereocenters. The first kappa shape index (κ1) is 19.1. The van der Waals surface area contributed by atoms with Gasteiger partial charge in [-0.2, -0.15) is 4.98 Å². The summed E-state index contributed by atoms with van der Waals surface area (Å²) in [5.74, 6) is 0.530. The molecule has 0 saturated heterocycles. The second-order valence-electron chi connectivity index (χ2n) is 5.80. The number of hydrogen-bond acceptors (Lipinski definition) is 5. The van der Waals surface area contributed by atoms with Crippen molar-refractivity contribution in [2.45, 2.75) is 24.8 Å². The Labute approximate surface area is 155 Å². The molecule has 9 heteroatoms. The van der Waals surface area contributed by atoms with Crippen molar-refractivity contribution in [1.29, 1.82) is 0 Å². The Hall–Kier alpha value is -2.68. The third kappa shape index (κ3) is 5.65. The van der Waals surface area contributed by atoms with Gasteiger partial charge in [-0.05, 0) is 24.6 Å². The van der Waals surface area contributed by atoms with Gasteiger partial charge in [0, 0.05) is 22.1 Å². The maximum Gasteiger partial charge on any atom is 0.573 e. The van der Waals surface area contributed by atoms with Crippen LogP contribution < -0.4 is 4.74 Å². The topological polar surface area (TPSA) is 65.2 Å². The van der Waals surface area contributed by atoms with E-state index in [-0.39, 0.29) is 23.1 Å². The Morgan fingerprint density at radius 2 is 1.70 bits per heavy atom. The molecule has 1 aromatic heterocycles. The highest BCUT2D eigenvalue weighted by atomic mass is 32.2. The van der Waals surface area contributed by atoms with Crippen LogP contribution in [0.4, 0.5) is 13.2 Å². The fraction of sp³-hybridized carbons (Fsp3) is 0.222. The predicted molar refractivity (Wildman–Crippen MR) is 93.1 cm³/mol. The van der Waals surface area contributed by atoms with Gasteiger partial charge >= 0.3 is 6.36 Å². The normalized spacial score (nSPS) is 12.7. The molecule has 3 rings (SSSR count). The molecule has 0 N–H and O–H groups in total. The standard InChI is InChI=1S/C18H15F3N2O3S/c1-12-2-6-14(7-3-12)17-22-16(26-23-17)11-27(24)10-13-4-8-15(9-5-13)25-18(19,20)21/h2-9H,10-11H2,1H3. The minimum absolute atomic E-state index is 0.0552. The molecule has 1 heterocycles. The molecule has 0 saturated carbocycles. The fourth-order valence-corrected chi connectivity index (χ4v) is 3.35. The molecule has 0 fully saturated rings. The second kappa shape index (κ2) is 7.91. The zero-order valence-electron chi connectivity index (χ0n) is 14.2. The number of benzene rings is 2. The zero-order valence-corrected chi connectivity index (χ0v) is 15.0. The summed E-state index contributed by atoms with van der Waals surface area (Å²) in [6, 6.07) is 12.8. The largest absolute Gasteiger partial charge is 0.573 e. The van der Waals surface area contributed by atoms with Gasteiger partial charge in [0.15, 0.2) is 0 Å². The average Bonchev–Trinajstić information content (AvgIpc) is 3.04. The molecular weight excluding hydrogens is 381 g/mol. The van der Waals surface area contributed by atoms with Crippen molar-refractivity contribution in [3.8, 4) is 17.1 Å². The van der Waals surface area contributed by atoms with Gasteiger partial charge in [-0.25, -0.2) is 0 Å². The van der Waals surface area contributed by atoms with E-state index in [9.17, 15) is 17.4 Å². The third-order valence-electron chi connectivity index (χ3n) is 3.55. The van der Waals surface area contributed by atoms with Crippen LogP contribution in [0.2, 0.25) is 0 Å². The SMILES string of the molecule is Cc1ccc(-c2noc(CS(=O)Cc3ccc(OC(F)(F)F)cc3)n2)cc1. The second-order valence-corrected chi connectivity index (χ2v) is 7.26. The Morgan fingerprint density at radius 1 is 1.04 bits per heavy atom. The van der Waals surface area contributed by atoms with E-state index >= 15 is 0 Å². The number of hydrogen-bond donors (Lipinski definition) is 0. The van der Waals surface area contributed by atoms with Crippen LogP contribution in [0.3, 0.4) is 0 Å². The third-order valence-corrected chi connectivity index (χ3v) is 4.77. The van der Waals surface area contributed by atoms with Crippen LogP contribution in [0.25, 0.3) is 11.4 Å². The molecule has 0 aliphatic carbocycles. The van der Waals surface area contributed by atoms with E-state index in [1.807, 2.05) is 31.2 Å². The van der Waals surface area contributed by atoms with Crippen LogP contribution in [0, 0.1) is 6.92 Å². The number of alkyl halides is 3. The first-order valence-corrected chi connectivity index (χ1v) is 9.36. The molecule has 0 bridgehead atoms. The summed E-state index contributed by atoms with van der Waals surface area (Å²) in [6.45, 7) is 1.97. The van der Waals surface area contributed by atoms with E-state index in [0.717, 1.165) is 11.1 Å². The van der Waals surface area contributed by atoms with Crippen LogP contribution in [0.15, 0.2) is 53.1 Å². The molecule has 0 radical (unpaired) electrons. The molecule has 0 aliphatic heterocycles. The summed E-state index contributed by atoms with van der Waals surface area (Å²) in [4.78, 5) is 4.23. The maximum atomic E-state index is 12.3. The van der Waals surface area contributed by atoms with Crippen molar-refractivity contribution in [1.82, 2.24) is 10.1 Å². The van der Waals surface area contributed by atoms with Crippen LogP contribution in [-0.4, -0.2) is 20.7 Å². The number of halogens is 3. The van der Waals surface area contributed by atoms with E-state index < -0.39 is 17.2 Å². The summed E-state index contributed by atoms with van der Waals surface area (Å²) >= 11 is 0. The number of aryl methyl sites for hydroxylation is 1. The summed E-state index contributed by atoms with van der Waals surface area (Å²) < 4.78 is 57.6. The number of ether oxygens (including phenoxy) is 1. The Morgan fingerprint density at radius 3 is 2.33 bits per heavy atom. The van der Waals surface area contributed by atoms with Crippen molar-refractivity contribution in [3.63, 3.8) is 0 Å². The van der Waals surface area contributed by atoms with Gasteiger partial charge in [0.25, 0.3) is 0 Å². The van der Waals surface area contributed by atoms with Crippen molar-refractivity contribution in [2.75, 3.05) is 0 Å². The van der Waals surface area contributed by atoms with Gasteiger partial charge < -0.3 is 9.26 Å². The van der Waals surface area contributed by atoms with Gasteiger partial charge in [0.05, 0.1) is 0 Å². The predicted octanol–water partition coefficient (Wildman–Crippen LogP) is 4.39. The van der Waals surface area contributed by atoms with Crippen molar-refractivity contribution in [3.05, 3.63) is 65.5 Å². The van der Waals surface area contributed by atoms with Crippen LogP contribution >= 0.6 is 0 Å². The van der Waals surface area contributed by atoms with Crippen LogP contribution in [0.5, 0.6) is 5.75 Å². The molecule has 5 nitrogen and oxygen atoms in total. The first-order chi connectivity index (χ1) is 12.8. The Bertz CT molecular complexity index is 922. The maximum absolute atomic E-state index is 12.3. The smallest absolute Gasteiger partial charge is 0.406 e. The highest BCUT2D eigenvalue weighted by Gasteiger charge is 2.30.